The first kappa shape index (κ1) is 16.1. The van der Waals surface area contributed by atoms with Gasteiger partial charge in [0.2, 0.25) is 5.91 Å². The van der Waals surface area contributed by atoms with Crippen LogP contribution in [-0.4, -0.2) is 29.9 Å². The Morgan fingerprint density at radius 3 is 2.50 bits per heavy atom. The summed E-state index contributed by atoms with van der Waals surface area (Å²) in [7, 11) is 0. The summed E-state index contributed by atoms with van der Waals surface area (Å²) in [5, 5.41) is 0. The molecule has 0 aromatic heterocycles. The standard InChI is InChI=1S/C16H28N2O.ClH/c1-11(2)8-16(6-3-7-16)15(19)18-9-12-4-5-14(17)13(12)10-18;/h11-14H,3-10,17H2,1-2H3;1H. The second kappa shape index (κ2) is 5.84. The van der Waals surface area contributed by atoms with Crippen LogP contribution in [-0.2, 0) is 4.79 Å². The summed E-state index contributed by atoms with van der Waals surface area (Å²) < 4.78 is 0. The molecule has 4 heteroatoms. The first-order valence-corrected chi connectivity index (χ1v) is 8.07. The topological polar surface area (TPSA) is 46.3 Å². The Morgan fingerprint density at radius 2 is 2.00 bits per heavy atom. The maximum atomic E-state index is 12.9. The number of fused-ring (bicyclic) bond motifs is 1. The number of likely N-dealkylation sites (tertiary alicyclic amines) is 1. The van der Waals surface area contributed by atoms with Crippen molar-refractivity contribution in [3.8, 4) is 0 Å². The highest BCUT2D eigenvalue weighted by Crippen LogP contribution is 2.49. The molecule has 3 aliphatic rings. The number of nitrogens with two attached hydrogens (primary N) is 1. The van der Waals surface area contributed by atoms with Crippen molar-refractivity contribution in [3.05, 3.63) is 0 Å². The highest BCUT2D eigenvalue weighted by molar-refractivity contribution is 5.85. The lowest BCUT2D eigenvalue weighted by Gasteiger charge is -2.44. The Kier molecular flexibility index (Phi) is 4.70. The molecular formula is C16H29ClN2O. The van der Waals surface area contributed by atoms with E-state index in [1.165, 1.54) is 12.8 Å². The SMILES string of the molecule is CC(C)CC1(C(=O)N2CC3CCC(N)C3C2)CCC1.Cl. The van der Waals surface area contributed by atoms with Gasteiger partial charge in [-0.1, -0.05) is 20.3 Å². The van der Waals surface area contributed by atoms with Crippen molar-refractivity contribution < 1.29 is 4.79 Å². The molecule has 2 saturated carbocycles. The first-order chi connectivity index (χ1) is 9.02. The van der Waals surface area contributed by atoms with E-state index in [4.69, 9.17) is 5.73 Å². The lowest BCUT2D eigenvalue weighted by atomic mass is 9.63. The molecule has 0 radical (unpaired) electrons. The molecule has 116 valence electrons. The number of nitrogens with zero attached hydrogens (tertiary/aromatic N) is 1. The molecule has 3 unspecified atom stereocenters. The van der Waals surface area contributed by atoms with E-state index in [0.717, 1.165) is 38.8 Å². The molecule has 0 spiro atoms. The minimum absolute atomic E-state index is 0. The van der Waals surface area contributed by atoms with Crippen LogP contribution in [0.3, 0.4) is 0 Å². The van der Waals surface area contributed by atoms with E-state index in [9.17, 15) is 4.79 Å². The quantitative estimate of drug-likeness (QED) is 0.871. The zero-order chi connectivity index (χ0) is 13.6. The van der Waals surface area contributed by atoms with Crippen LogP contribution in [0.4, 0.5) is 0 Å². The van der Waals surface area contributed by atoms with Crippen molar-refractivity contribution in [3.63, 3.8) is 0 Å². The summed E-state index contributed by atoms with van der Waals surface area (Å²) in [5.41, 5.74) is 6.18. The largest absolute Gasteiger partial charge is 0.342 e. The molecule has 1 aliphatic heterocycles. The van der Waals surface area contributed by atoms with Crippen LogP contribution < -0.4 is 5.73 Å². The number of amides is 1. The maximum Gasteiger partial charge on any atom is 0.228 e. The van der Waals surface area contributed by atoms with E-state index in [-0.39, 0.29) is 17.8 Å². The van der Waals surface area contributed by atoms with Crippen molar-refractivity contribution in [2.24, 2.45) is 28.9 Å². The zero-order valence-electron chi connectivity index (χ0n) is 12.8. The molecule has 1 saturated heterocycles. The summed E-state index contributed by atoms with van der Waals surface area (Å²) >= 11 is 0. The van der Waals surface area contributed by atoms with Gasteiger partial charge in [0.15, 0.2) is 0 Å². The van der Waals surface area contributed by atoms with Crippen LogP contribution in [0.15, 0.2) is 0 Å². The molecule has 20 heavy (non-hydrogen) atoms. The third kappa shape index (κ3) is 2.59. The van der Waals surface area contributed by atoms with Crippen molar-refractivity contribution in [2.45, 2.75) is 58.4 Å². The van der Waals surface area contributed by atoms with E-state index in [0.29, 0.717) is 29.7 Å². The normalized spacial score (nSPS) is 34.6. The van der Waals surface area contributed by atoms with Gasteiger partial charge in [-0.2, -0.15) is 0 Å². The van der Waals surface area contributed by atoms with Crippen LogP contribution in [0.2, 0.25) is 0 Å². The van der Waals surface area contributed by atoms with Gasteiger partial charge in [-0.15, -0.1) is 12.4 Å². The molecule has 0 bridgehead atoms. The van der Waals surface area contributed by atoms with E-state index in [2.05, 4.69) is 18.7 Å². The van der Waals surface area contributed by atoms with Crippen LogP contribution >= 0.6 is 12.4 Å². The Bertz CT molecular complexity index is 367. The summed E-state index contributed by atoms with van der Waals surface area (Å²) in [6, 6.07) is 0.338. The minimum Gasteiger partial charge on any atom is -0.342 e. The lowest BCUT2D eigenvalue weighted by molar-refractivity contribution is -0.148. The van der Waals surface area contributed by atoms with Gasteiger partial charge in [0.1, 0.15) is 0 Å². The first-order valence-electron chi connectivity index (χ1n) is 8.07. The third-order valence-electron chi connectivity index (χ3n) is 5.76. The second-order valence-corrected chi connectivity index (χ2v) is 7.61. The average Bonchev–Trinajstić information content (AvgIpc) is 2.85. The van der Waals surface area contributed by atoms with Crippen molar-refractivity contribution in [2.75, 3.05) is 13.1 Å². The maximum absolute atomic E-state index is 12.9. The third-order valence-corrected chi connectivity index (χ3v) is 5.76. The lowest BCUT2D eigenvalue weighted by Crippen LogP contribution is -2.48. The van der Waals surface area contributed by atoms with Gasteiger partial charge >= 0.3 is 0 Å². The van der Waals surface area contributed by atoms with E-state index >= 15 is 0 Å². The highest BCUT2D eigenvalue weighted by atomic mass is 35.5. The number of carbonyl (C=O) groups is 1. The highest BCUT2D eigenvalue weighted by Gasteiger charge is 2.50. The molecule has 1 amide bonds. The van der Waals surface area contributed by atoms with Crippen molar-refractivity contribution in [1.29, 1.82) is 0 Å². The van der Waals surface area contributed by atoms with Crippen LogP contribution in [0.25, 0.3) is 0 Å². The van der Waals surface area contributed by atoms with Crippen LogP contribution in [0, 0.1) is 23.2 Å². The van der Waals surface area contributed by atoms with E-state index in [1.54, 1.807) is 0 Å². The summed E-state index contributed by atoms with van der Waals surface area (Å²) in [6.07, 6.45) is 6.92. The zero-order valence-corrected chi connectivity index (χ0v) is 13.6. The van der Waals surface area contributed by atoms with Gasteiger partial charge in [-0.3, -0.25) is 4.79 Å². The fraction of sp³-hybridized carbons (Fsp3) is 0.938. The number of rotatable bonds is 3. The fourth-order valence-electron chi connectivity index (χ4n) is 4.70. The van der Waals surface area contributed by atoms with Gasteiger partial charge < -0.3 is 10.6 Å². The van der Waals surface area contributed by atoms with Gasteiger partial charge in [0, 0.05) is 24.5 Å². The molecule has 1 heterocycles. The summed E-state index contributed by atoms with van der Waals surface area (Å²) in [6.45, 7) is 6.39. The molecule has 2 aliphatic carbocycles. The number of hydrogen-bond donors (Lipinski definition) is 1. The molecule has 3 rings (SSSR count). The number of halogens is 1. The monoisotopic (exact) mass is 300 g/mol. The van der Waals surface area contributed by atoms with Crippen LogP contribution in [0.5, 0.6) is 0 Å². The minimum atomic E-state index is -0.00308. The number of hydrogen-bond acceptors (Lipinski definition) is 2. The predicted molar refractivity (Wildman–Crippen MR) is 83.8 cm³/mol. The smallest absolute Gasteiger partial charge is 0.228 e. The molecular weight excluding hydrogens is 272 g/mol. The van der Waals surface area contributed by atoms with Crippen molar-refractivity contribution in [1.82, 2.24) is 4.90 Å². The van der Waals surface area contributed by atoms with E-state index in [1.807, 2.05) is 0 Å². The fourth-order valence-corrected chi connectivity index (χ4v) is 4.70. The molecule has 0 aromatic rings. The Morgan fingerprint density at radius 1 is 1.30 bits per heavy atom. The Labute approximate surface area is 129 Å². The molecule has 3 nitrogen and oxygen atoms in total. The van der Waals surface area contributed by atoms with Gasteiger partial charge in [-0.25, -0.2) is 0 Å². The van der Waals surface area contributed by atoms with Crippen molar-refractivity contribution >= 4 is 18.3 Å². The van der Waals surface area contributed by atoms with E-state index < -0.39 is 0 Å². The average molecular weight is 301 g/mol. The summed E-state index contributed by atoms with van der Waals surface area (Å²) in [5.74, 6) is 2.35. The summed E-state index contributed by atoms with van der Waals surface area (Å²) in [4.78, 5) is 15.1. The Balaban J connectivity index is 0.00000147. The van der Waals surface area contributed by atoms with Gasteiger partial charge in [-0.05, 0) is 49.9 Å². The second-order valence-electron chi connectivity index (χ2n) is 7.61. The van der Waals surface area contributed by atoms with Gasteiger partial charge in [0.05, 0.1) is 0 Å². The molecule has 3 atom stereocenters. The van der Waals surface area contributed by atoms with Gasteiger partial charge in [0.25, 0.3) is 0 Å². The Hall–Kier alpha value is -0.280. The molecule has 0 aromatic carbocycles. The molecule has 3 fully saturated rings. The molecule has 2 N–H and O–H groups in total. The number of carbonyl (C=O) groups excluding carboxylic acids is 1. The van der Waals surface area contributed by atoms with Crippen LogP contribution in [0.1, 0.15) is 52.4 Å². The predicted octanol–water partition coefficient (Wildman–Crippen LogP) is 2.82.